The minimum Gasteiger partial charge on any atom is -0.497 e. The summed E-state index contributed by atoms with van der Waals surface area (Å²) in [4.78, 5) is 11.6. The van der Waals surface area contributed by atoms with Gasteiger partial charge in [0.05, 0.1) is 7.11 Å². The van der Waals surface area contributed by atoms with E-state index in [0.29, 0.717) is 19.6 Å². The Hall–Kier alpha value is -1.55. The zero-order valence-corrected chi connectivity index (χ0v) is 12.7. The fourth-order valence-electron chi connectivity index (χ4n) is 2.05. The van der Waals surface area contributed by atoms with E-state index < -0.39 is 0 Å². The Morgan fingerprint density at radius 3 is 2.70 bits per heavy atom. The van der Waals surface area contributed by atoms with Crippen LogP contribution in [0, 0.1) is 6.92 Å². The van der Waals surface area contributed by atoms with Gasteiger partial charge in [0, 0.05) is 26.7 Å². The van der Waals surface area contributed by atoms with Gasteiger partial charge in [0.15, 0.2) is 0 Å². The summed E-state index contributed by atoms with van der Waals surface area (Å²) in [5.41, 5.74) is 2.49. The molecule has 0 atom stereocenters. The number of carbonyl (C=O) groups is 1. The number of benzene rings is 1. The zero-order chi connectivity index (χ0) is 14.8. The molecule has 1 aromatic rings. The number of hydrogen-bond donors (Lipinski definition) is 1. The van der Waals surface area contributed by atoms with Crippen molar-refractivity contribution in [3.63, 3.8) is 0 Å². The second-order valence-corrected chi connectivity index (χ2v) is 4.84. The molecule has 0 saturated carbocycles. The summed E-state index contributed by atoms with van der Waals surface area (Å²) in [6.45, 7) is 3.45. The van der Waals surface area contributed by atoms with Crippen LogP contribution in [0.5, 0.6) is 5.75 Å². The van der Waals surface area contributed by atoms with Crippen LogP contribution in [0.4, 0.5) is 0 Å². The van der Waals surface area contributed by atoms with Crippen molar-refractivity contribution < 1.29 is 14.3 Å². The molecule has 1 rings (SSSR count). The van der Waals surface area contributed by atoms with Crippen LogP contribution in [0.2, 0.25) is 0 Å². The van der Waals surface area contributed by atoms with E-state index in [2.05, 4.69) is 18.3 Å². The summed E-state index contributed by atoms with van der Waals surface area (Å²) in [6.07, 6.45) is 3.21. The smallest absolute Gasteiger partial charge is 0.220 e. The highest BCUT2D eigenvalue weighted by atomic mass is 16.5. The molecule has 112 valence electrons. The topological polar surface area (TPSA) is 47.6 Å². The number of aryl methyl sites for hydroxylation is 2. The maximum absolute atomic E-state index is 11.6. The molecule has 0 bridgehead atoms. The summed E-state index contributed by atoms with van der Waals surface area (Å²) in [5, 5.41) is 2.90. The summed E-state index contributed by atoms with van der Waals surface area (Å²) in [5.74, 6) is 0.995. The minimum absolute atomic E-state index is 0.118. The SMILES string of the molecule is COCCCNC(=O)CCCc1ccc(OC)cc1C. The molecule has 1 N–H and O–H groups in total. The van der Waals surface area contributed by atoms with Crippen LogP contribution in [-0.4, -0.2) is 33.3 Å². The molecule has 0 aliphatic carbocycles. The second-order valence-electron chi connectivity index (χ2n) is 4.84. The lowest BCUT2D eigenvalue weighted by atomic mass is 10.0. The number of amides is 1. The quantitative estimate of drug-likeness (QED) is 0.706. The second kappa shape index (κ2) is 9.37. The predicted octanol–water partition coefficient (Wildman–Crippen LogP) is 2.48. The number of ether oxygens (including phenoxy) is 2. The van der Waals surface area contributed by atoms with Gasteiger partial charge in [-0.2, -0.15) is 0 Å². The number of carbonyl (C=O) groups excluding carboxylic acids is 1. The first-order valence-corrected chi connectivity index (χ1v) is 7.06. The van der Waals surface area contributed by atoms with Crippen molar-refractivity contribution in [2.24, 2.45) is 0 Å². The van der Waals surface area contributed by atoms with E-state index in [-0.39, 0.29) is 5.91 Å². The van der Waals surface area contributed by atoms with Crippen LogP contribution >= 0.6 is 0 Å². The van der Waals surface area contributed by atoms with E-state index in [4.69, 9.17) is 9.47 Å². The van der Waals surface area contributed by atoms with E-state index >= 15 is 0 Å². The van der Waals surface area contributed by atoms with Crippen LogP contribution in [0.15, 0.2) is 18.2 Å². The van der Waals surface area contributed by atoms with E-state index in [0.717, 1.165) is 25.0 Å². The summed E-state index contributed by atoms with van der Waals surface area (Å²) >= 11 is 0. The van der Waals surface area contributed by atoms with Gasteiger partial charge < -0.3 is 14.8 Å². The average molecular weight is 279 g/mol. The standard InChI is InChI=1S/C16H25NO3/c1-13-12-15(20-3)9-8-14(13)6-4-7-16(18)17-10-5-11-19-2/h8-9,12H,4-7,10-11H2,1-3H3,(H,17,18). The molecule has 0 aliphatic rings. The summed E-state index contributed by atoms with van der Waals surface area (Å²) in [6, 6.07) is 6.07. The average Bonchev–Trinajstić information content (AvgIpc) is 2.45. The van der Waals surface area contributed by atoms with Crippen LogP contribution in [-0.2, 0) is 16.0 Å². The van der Waals surface area contributed by atoms with Crippen molar-refractivity contribution in [2.75, 3.05) is 27.4 Å². The Balaban J connectivity index is 2.25. The largest absolute Gasteiger partial charge is 0.497 e. The van der Waals surface area contributed by atoms with Crippen molar-refractivity contribution in [1.29, 1.82) is 0 Å². The van der Waals surface area contributed by atoms with Crippen LogP contribution < -0.4 is 10.1 Å². The highest BCUT2D eigenvalue weighted by molar-refractivity contribution is 5.75. The number of nitrogens with one attached hydrogen (secondary N) is 1. The van der Waals surface area contributed by atoms with Crippen molar-refractivity contribution in [1.82, 2.24) is 5.32 Å². The monoisotopic (exact) mass is 279 g/mol. The highest BCUT2D eigenvalue weighted by Gasteiger charge is 2.04. The summed E-state index contributed by atoms with van der Waals surface area (Å²) in [7, 11) is 3.33. The summed E-state index contributed by atoms with van der Waals surface area (Å²) < 4.78 is 10.1. The van der Waals surface area contributed by atoms with Gasteiger partial charge in [-0.3, -0.25) is 4.79 Å². The highest BCUT2D eigenvalue weighted by Crippen LogP contribution is 2.18. The fourth-order valence-corrected chi connectivity index (χ4v) is 2.05. The Kier molecular flexibility index (Phi) is 7.73. The van der Waals surface area contributed by atoms with E-state index in [1.54, 1.807) is 14.2 Å². The van der Waals surface area contributed by atoms with Gasteiger partial charge in [-0.1, -0.05) is 6.07 Å². The molecule has 1 amide bonds. The van der Waals surface area contributed by atoms with Gasteiger partial charge >= 0.3 is 0 Å². The van der Waals surface area contributed by atoms with Crippen molar-refractivity contribution in [3.8, 4) is 5.75 Å². The van der Waals surface area contributed by atoms with Gasteiger partial charge in [-0.25, -0.2) is 0 Å². The Morgan fingerprint density at radius 1 is 1.25 bits per heavy atom. The molecule has 0 radical (unpaired) electrons. The number of hydrogen-bond acceptors (Lipinski definition) is 3. The van der Waals surface area contributed by atoms with Gasteiger partial charge in [0.1, 0.15) is 5.75 Å². The van der Waals surface area contributed by atoms with E-state index in [1.165, 1.54) is 11.1 Å². The van der Waals surface area contributed by atoms with Gasteiger partial charge in [0.2, 0.25) is 5.91 Å². The normalized spacial score (nSPS) is 10.3. The van der Waals surface area contributed by atoms with Gasteiger partial charge in [0.25, 0.3) is 0 Å². The van der Waals surface area contributed by atoms with E-state index in [1.807, 2.05) is 12.1 Å². The number of methoxy groups -OCH3 is 2. The molecule has 0 fully saturated rings. The molecule has 0 spiro atoms. The molecule has 20 heavy (non-hydrogen) atoms. The Bertz CT molecular complexity index is 418. The molecule has 0 heterocycles. The zero-order valence-electron chi connectivity index (χ0n) is 12.7. The van der Waals surface area contributed by atoms with Crippen LogP contribution in [0.3, 0.4) is 0 Å². The predicted molar refractivity (Wildman–Crippen MR) is 80.2 cm³/mol. The van der Waals surface area contributed by atoms with Gasteiger partial charge in [-0.05, 0) is 49.4 Å². The first-order chi connectivity index (χ1) is 9.67. The third-order valence-electron chi connectivity index (χ3n) is 3.25. The lowest BCUT2D eigenvalue weighted by Crippen LogP contribution is -2.24. The first kappa shape index (κ1) is 16.5. The van der Waals surface area contributed by atoms with Crippen molar-refractivity contribution in [3.05, 3.63) is 29.3 Å². The molecule has 4 heteroatoms. The van der Waals surface area contributed by atoms with E-state index in [9.17, 15) is 4.79 Å². The Morgan fingerprint density at radius 2 is 2.05 bits per heavy atom. The molecule has 0 aliphatic heterocycles. The van der Waals surface area contributed by atoms with Crippen molar-refractivity contribution >= 4 is 5.91 Å². The van der Waals surface area contributed by atoms with Crippen molar-refractivity contribution in [2.45, 2.75) is 32.6 Å². The molecular formula is C16H25NO3. The van der Waals surface area contributed by atoms with Gasteiger partial charge in [-0.15, -0.1) is 0 Å². The lowest BCUT2D eigenvalue weighted by Gasteiger charge is -2.08. The minimum atomic E-state index is 0.118. The molecule has 0 saturated heterocycles. The molecular weight excluding hydrogens is 254 g/mol. The first-order valence-electron chi connectivity index (χ1n) is 7.06. The van der Waals surface area contributed by atoms with Crippen LogP contribution in [0.25, 0.3) is 0 Å². The third kappa shape index (κ3) is 6.06. The molecule has 1 aromatic carbocycles. The number of rotatable bonds is 9. The molecule has 0 unspecified atom stereocenters. The molecule has 0 aromatic heterocycles. The Labute approximate surface area is 121 Å². The fraction of sp³-hybridized carbons (Fsp3) is 0.562. The maximum atomic E-state index is 11.6. The van der Waals surface area contributed by atoms with Crippen LogP contribution in [0.1, 0.15) is 30.4 Å². The lowest BCUT2D eigenvalue weighted by molar-refractivity contribution is -0.121. The molecule has 4 nitrogen and oxygen atoms in total. The maximum Gasteiger partial charge on any atom is 0.220 e. The third-order valence-corrected chi connectivity index (χ3v) is 3.25.